The molecule has 0 bridgehead atoms. The van der Waals surface area contributed by atoms with Crippen LogP contribution in [-0.2, 0) is 19.6 Å². The van der Waals surface area contributed by atoms with Gasteiger partial charge in [0.05, 0.1) is 12.2 Å². The molecule has 0 aromatic carbocycles. The van der Waals surface area contributed by atoms with E-state index in [1.54, 1.807) is 0 Å². The molecule has 1 aliphatic rings. The van der Waals surface area contributed by atoms with Crippen molar-refractivity contribution in [3.8, 4) is 0 Å². The van der Waals surface area contributed by atoms with Gasteiger partial charge < -0.3 is 0 Å². The van der Waals surface area contributed by atoms with Crippen molar-refractivity contribution in [1.82, 2.24) is 0 Å². The zero-order valence-corrected chi connectivity index (χ0v) is 13.1. The highest BCUT2D eigenvalue weighted by Crippen LogP contribution is 2.38. The largest absolute Gasteiger partial charge is 0.236 e. The zero-order valence-electron chi connectivity index (χ0n) is 13.1. The molecule has 0 aliphatic heterocycles. The minimum atomic E-state index is -0.745. The average Bonchev–Trinajstić information content (AvgIpc) is 2.44. The van der Waals surface area contributed by atoms with Crippen LogP contribution in [0, 0.1) is 5.92 Å². The lowest BCUT2D eigenvalue weighted by molar-refractivity contribution is -0.540. The van der Waals surface area contributed by atoms with E-state index in [1.807, 2.05) is 13.8 Å². The van der Waals surface area contributed by atoms with E-state index in [4.69, 9.17) is 19.6 Å². The Morgan fingerprint density at radius 1 is 1.00 bits per heavy atom. The Balaban J connectivity index is 2.60. The van der Waals surface area contributed by atoms with Gasteiger partial charge in [0.15, 0.2) is 0 Å². The molecule has 0 aromatic heterocycles. The van der Waals surface area contributed by atoms with E-state index in [9.17, 15) is 0 Å². The first-order chi connectivity index (χ1) is 9.04. The molecular weight excluding hydrogens is 244 g/mol. The van der Waals surface area contributed by atoms with Gasteiger partial charge in [-0.05, 0) is 39.5 Å². The lowest BCUT2D eigenvalue weighted by Gasteiger charge is -2.39. The molecule has 0 radical (unpaired) electrons. The molecule has 1 fully saturated rings. The minimum Gasteiger partial charge on any atom is -0.231 e. The predicted octanol–water partition coefficient (Wildman–Crippen LogP) is 4.39. The molecule has 19 heavy (non-hydrogen) atoms. The smallest absolute Gasteiger partial charge is 0.231 e. The molecule has 1 saturated carbocycles. The average molecular weight is 274 g/mol. The highest BCUT2D eigenvalue weighted by Gasteiger charge is 2.44. The second-order valence-corrected chi connectivity index (χ2v) is 5.76. The normalized spacial score (nSPS) is 31.1. The molecule has 114 valence electrons. The topological polar surface area (TPSA) is 36.9 Å². The van der Waals surface area contributed by atoms with Crippen LogP contribution in [0.25, 0.3) is 0 Å². The van der Waals surface area contributed by atoms with Crippen LogP contribution in [0.15, 0.2) is 0 Å². The monoisotopic (exact) mass is 274 g/mol. The first-order valence-electron chi connectivity index (χ1n) is 7.73. The summed E-state index contributed by atoms with van der Waals surface area (Å²) in [6, 6.07) is 0. The van der Waals surface area contributed by atoms with Gasteiger partial charge in [-0.2, -0.15) is 9.78 Å². The summed E-state index contributed by atoms with van der Waals surface area (Å²) in [5.74, 6) is -0.472. The zero-order chi connectivity index (χ0) is 14.3. The fourth-order valence-electron chi connectivity index (χ4n) is 2.01. The quantitative estimate of drug-likeness (QED) is 0.374. The first kappa shape index (κ1) is 16.9. The summed E-state index contributed by atoms with van der Waals surface area (Å²) in [6.45, 7) is 10.3. The van der Waals surface area contributed by atoms with E-state index in [2.05, 4.69) is 20.8 Å². The Hall–Kier alpha value is -0.160. The molecule has 0 aromatic rings. The van der Waals surface area contributed by atoms with Crippen LogP contribution in [0.3, 0.4) is 0 Å². The molecule has 0 heterocycles. The maximum absolute atomic E-state index is 5.68. The van der Waals surface area contributed by atoms with Crippen LogP contribution >= 0.6 is 0 Å². The SMILES string of the molecule is CCC(C)OOC1(OOC(C)CC)CCCCC1C. The molecule has 0 amide bonds. The predicted molar refractivity (Wildman–Crippen MR) is 74.2 cm³/mol. The van der Waals surface area contributed by atoms with Crippen molar-refractivity contribution in [3.05, 3.63) is 0 Å². The Labute approximate surface area is 117 Å². The molecular formula is C15H30O4. The molecule has 4 heteroatoms. The molecule has 4 nitrogen and oxygen atoms in total. The standard InChI is InChI=1S/C15H30O4/c1-6-13(4)16-18-15(19-17-14(5)7-2)11-9-8-10-12(15)3/h12-14H,6-11H2,1-5H3. The summed E-state index contributed by atoms with van der Waals surface area (Å²) in [5.41, 5.74) is 0. The molecule has 3 unspecified atom stereocenters. The van der Waals surface area contributed by atoms with Crippen molar-refractivity contribution in [3.63, 3.8) is 0 Å². The van der Waals surface area contributed by atoms with E-state index in [0.29, 0.717) is 0 Å². The third kappa shape index (κ3) is 5.03. The number of hydrogen-bond acceptors (Lipinski definition) is 4. The maximum atomic E-state index is 5.68. The summed E-state index contributed by atoms with van der Waals surface area (Å²) in [7, 11) is 0. The Kier molecular flexibility index (Phi) is 7.29. The van der Waals surface area contributed by atoms with Crippen LogP contribution < -0.4 is 0 Å². The van der Waals surface area contributed by atoms with Gasteiger partial charge in [-0.15, -0.1) is 0 Å². The minimum absolute atomic E-state index is 0.0678. The Bertz CT molecular complexity index is 230. The van der Waals surface area contributed by atoms with E-state index < -0.39 is 5.79 Å². The van der Waals surface area contributed by atoms with Gasteiger partial charge in [0.25, 0.3) is 0 Å². The van der Waals surface area contributed by atoms with E-state index in [-0.39, 0.29) is 18.1 Å². The summed E-state index contributed by atoms with van der Waals surface area (Å²) in [6.07, 6.45) is 6.15. The van der Waals surface area contributed by atoms with Crippen molar-refractivity contribution in [1.29, 1.82) is 0 Å². The van der Waals surface area contributed by atoms with Crippen molar-refractivity contribution in [2.45, 2.75) is 91.1 Å². The lowest BCUT2D eigenvalue weighted by Crippen LogP contribution is -2.46. The molecule has 0 N–H and O–H groups in total. The van der Waals surface area contributed by atoms with Crippen molar-refractivity contribution in [2.75, 3.05) is 0 Å². The van der Waals surface area contributed by atoms with Gasteiger partial charge in [0, 0.05) is 12.3 Å². The molecule has 1 rings (SSSR count). The van der Waals surface area contributed by atoms with Gasteiger partial charge in [0.1, 0.15) is 0 Å². The summed E-state index contributed by atoms with van der Waals surface area (Å²) in [4.78, 5) is 22.3. The van der Waals surface area contributed by atoms with Crippen molar-refractivity contribution in [2.24, 2.45) is 5.92 Å². The molecule has 0 spiro atoms. The molecule has 3 atom stereocenters. The third-order valence-corrected chi connectivity index (χ3v) is 4.02. The number of rotatable bonds is 8. The molecule has 0 saturated heterocycles. The van der Waals surface area contributed by atoms with Gasteiger partial charge >= 0.3 is 0 Å². The highest BCUT2D eigenvalue weighted by molar-refractivity contribution is 4.79. The van der Waals surface area contributed by atoms with Gasteiger partial charge in [0.2, 0.25) is 5.79 Å². The summed E-state index contributed by atoms with van der Waals surface area (Å²) in [5, 5.41) is 0. The van der Waals surface area contributed by atoms with Gasteiger partial charge in [-0.25, -0.2) is 9.78 Å². The fraction of sp³-hybridized carbons (Fsp3) is 1.00. The van der Waals surface area contributed by atoms with Gasteiger partial charge in [-0.1, -0.05) is 27.2 Å². The van der Waals surface area contributed by atoms with Crippen LogP contribution in [-0.4, -0.2) is 18.0 Å². The number of hydrogen-bond donors (Lipinski definition) is 0. The van der Waals surface area contributed by atoms with Crippen LogP contribution in [0.2, 0.25) is 0 Å². The van der Waals surface area contributed by atoms with E-state index in [0.717, 1.165) is 32.1 Å². The maximum Gasteiger partial charge on any atom is 0.236 e. The van der Waals surface area contributed by atoms with Crippen LogP contribution in [0.1, 0.15) is 73.1 Å². The van der Waals surface area contributed by atoms with E-state index in [1.165, 1.54) is 6.42 Å². The fourth-order valence-corrected chi connectivity index (χ4v) is 2.01. The van der Waals surface area contributed by atoms with Crippen LogP contribution in [0.4, 0.5) is 0 Å². The lowest BCUT2D eigenvalue weighted by atomic mass is 9.85. The first-order valence-corrected chi connectivity index (χ1v) is 7.73. The summed E-state index contributed by atoms with van der Waals surface area (Å²) < 4.78 is 0. The van der Waals surface area contributed by atoms with Gasteiger partial charge in [-0.3, -0.25) is 0 Å². The second kappa shape index (κ2) is 8.20. The highest BCUT2D eigenvalue weighted by atomic mass is 17.3. The van der Waals surface area contributed by atoms with E-state index >= 15 is 0 Å². The third-order valence-electron chi connectivity index (χ3n) is 4.02. The summed E-state index contributed by atoms with van der Waals surface area (Å²) >= 11 is 0. The Morgan fingerprint density at radius 3 is 1.95 bits per heavy atom. The molecule has 1 aliphatic carbocycles. The second-order valence-electron chi connectivity index (χ2n) is 5.76. The van der Waals surface area contributed by atoms with Crippen LogP contribution in [0.5, 0.6) is 0 Å². The Morgan fingerprint density at radius 2 is 1.53 bits per heavy atom. The van der Waals surface area contributed by atoms with Crippen molar-refractivity contribution < 1.29 is 19.6 Å². The van der Waals surface area contributed by atoms with Crippen molar-refractivity contribution >= 4 is 0 Å².